The highest BCUT2D eigenvalue weighted by atomic mass is 35.5. The Hall–Kier alpha value is -3.09. The lowest BCUT2D eigenvalue weighted by Gasteiger charge is -2.34. The summed E-state index contributed by atoms with van der Waals surface area (Å²) in [6.45, 7) is 4.34. The summed E-state index contributed by atoms with van der Waals surface area (Å²) < 4.78 is 43.8. The van der Waals surface area contributed by atoms with Gasteiger partial charge < -0.3 is 25.4 Å². The van der Waals surface area contributed by atoms with Gasteiger partial charge in [-0.3, -0.25) is 5.10 Å². The van der Waals surface area contributed by atoms with Gasteiger partial charge in [-0.1, -0.05) is 17.7 Å². The molecule has 0 aliphatic carbocycles. The van der Waals surface area contributed by atoms with Crippen molar-refractivity contribution >= 4 is 34.9 Å². The van der Waals surface area contributed by atoms with Gasteiger partial charge in [0.2, 0.25) is 5.95 Å². The molecule has 0 radical (unpaired) electrons. The van der Waals surface area contributed by atoms with Crippen LogP contribution in [0.25, 0.3) is 0 Å². The van der Waals surface area contributed by atoms with Gasteiger partial charge in [0.1, 0.15) is 10.8 Å². The Morgan fingerprint density at radius 3 is 2.57 bits per heavy atom. The van der Waals surface area contributed by atoms with Gasteiger partial charge in [0.15, 0.2) is 17.7 Å². The number of H-pyrrole nitrogens is 1. The van der Waals surface area contributed by atoms with Gasteiger partial charge in [0, 0.05) is 30.1 Å². The Labute approximate surface area is 217 Å². The zero-order chi connectivity index (χ0) is 26.7. The van der Waals surface area contributed by atoms with Crippen molar-refractivity contribution in [2.24, 2.45) is 0 Å². The molecule has 3 heterocycles. The number of nitrogens with one attached hydrogen (secondary N) is 3. The van der Waals surface area contributed by atoms with E-state index in [-0.39, 0.29) is 5.92 Å². The molecule has 1 aliphatic heterocycles. The number of aliphatic hydroxyl groups is 1. The molecule has 1 fully saturated rings. The number of hydrogen-bond acceptors (Lipinski definition) is 8. The molecule has 1 aliphatic rings. The molecule has 0 amide bonds. The average molecular weight is 540 g/mol. The molecule has 9 nitrogen and oxygen atoms in total. The minimum absolute atomic E-state index is 0.127. The third kappa shape index (κ3) is 6.62. The molecular formula is C24H29ClF3N7O2. The van der Waals surface area contributed by atoms with Gasteiger partial charge in [-0.15, -0.1) is 0 Å². The number of anilines is 4. The number of benzene rings is 1. The minimum atomic E-state index is -4.61. The number of β-amino-alcohol motifs (C(OH)–C–C–N with tert-alkyl or cyclic N) is 1. The van der Waals surface area contributed by atoms with E-state index in [1.165, 1.54) is 6.20 Å². The number of alkyl halides is 3. The van der Waals surface area contributed by atoms with Gasteiger partial charge in [-0.05, 0) is 56.8 Å². The first-order chi connectivity index (χ1) is 17.5. The molecule has 1 aromatic carbocycles. The Morgan fingerprint density at radius 2 is 1.95 bits per heavy atom. The molecular weight excluding hydrogens is 511 g/mol. The fourth-order valence-electron chi connectivity index (χ4n) is 4.35. The quantitative estimate of drug-likeness (QED) is 0.314. The Balaban J connectivity index is 1.46. The topological polar surface area (TPSA) is 111 Å². The molecule has 0 unspecified atom stereocenters. The SMILES string of the molecule is COc1cc(Nc2ncc(Cl)c(Nc3cc(C)[nH]n3)n2)c(C)cc1C1CCN(C[C@@H](O)C(F)(F)F)CC1. The maximum Gasteiger partial charge on any atom is 0.415 e. The van der Waals surface area contributed by atoms with Crippen LogP contribution in [0.1, 0.15) is 35.6 Å². The summed E-state index contributed by atoms with van der Waals surface area (Å²) in [4.78, 5) is 10.4. The number of aryl methyl sites for hydroxylation is 2. The van der Waals surface area contributed by atoms with E-state index in [2.05, 4.69) is 30.8 Å². The Kier molecular flexibility index (Phi) is 8.10. The summed E-state index contributed by atoms with van der Waals surface area (Å²) in [7, 11) is 1.58. The number of rotatable bonds is 8. The number of aliphatic hydroxyl groups excluding tert-OH is 1. The predicted molar refractivity (Wildman–Crippen MR) is 135 cm³/mol. The number of piperidine rings is 1. The highest BCUT2D eigenvalue weighted by molar-refractivity contribution is 6.32. The van der Waals surface area contributed by atoms with Crippen molar-refractivity contribution in [3.05, 3.63) is 46.2 Å². The summed E-state index contributed by atoms with van der Waals surface area (Å²) in [6.07, 6.45) is -4.13. The van der Waals surface area contributed by atoms with Gasteiger partial charge in [0.25, 0.3) is 0 Å². The summed E-state index contributed by atoms with van der Waals surface area (Å²) >= 11 is 6.26. The van der Waals surface area contributed by atoms with E-state index in [9.17, 15) is 18.3 Å². The second-order valence-corrected chi connectivity index (χ2v) is 9.52. The average Bonchev–Trinajstić information content (AvgIpc) is 3.26. The molecule has 0 saturated carbocycles. The number of aromatic amines is 1. The summed E-state index contributed by atoms with van der Waals surface area (Å²) in [6, 6.07) is 5.71. The molecule has 0 spiro atoms. The van der Waals surface area contributed by atoms with E-state index < -0.39 is 18.8 Å². The van der Waals surface area contributed by atoms with Crippen molar-refractivity contribution in [2.75, 3.05) is 37.4 Å². The summed E-state index contributed by atoms with van der Waals surface area (Å²) in [5, 5.41) is 23.0. The normalized spacial score (nSPS) is 16.0. The lowest BCUT2D eigenvalue weighted by molar-refractivity contribution is -0.208. The van der Waals surface area contributed by atoms with Crippen LogP contribution in [-0.2, 0) is 0 Å². The van der Waals surface area contributed by atoms with Crippen molar-refractivity contribution in [3.8, 4) is 5.75 Å². The number of likely N-dealkylation sites (tertiary alicyclic amines) is 1. The van der Waals surface area contributed by atoms with Gasteiger partial charge in [-0.2, -0.15) is 23.3 Å². The summed E-state index contributed by atoms with van der Waals surface area (Å²) in [5.41, 5.74) is 3.56. The third-order valence-electron chi connectivity index (χ3n) is 6.36. The second-order valence-electron chi connectivity index (χ2n) is 9.12. The lowest BCUT2D eigenvalue weighted by Crippen LogP contribution is -2.44. The molecule has 0 bridgehead atoms. The predicted octanol–water partition coefficient (Wildman–Crippen LogP) is 5.07. The van der Waals surface area contributed by atoms with Crippen molar-refractivity contribution in [3.63, 3.8) is 0 Å². The molecule has 13 heteroatoms. The smallest absolute Gasteiger partial charge is 0.415 e. The first-order valence-corrected chi connectivity index (χ1v) is 12.2. The maximum absolute atomic E-state index is 12.7. The zero-order valence-electron chi connectivity index (χ0n) is 20.7. The Morgan fingerprint density at radius 1 is 1.22 bits per heavy atom. The van der Waals surface area contributed by atoms with Crippen LogP contribution in [0.15, 0.2) is 24.4 Å². The minimum Gasteiger partial charge on any atom is -0.496 e. The molecule has 1 atom stereocenters. The molecule has 4 N–H and O–H groups in total. The number of methoxy groups -OCH3 is 1. The largest absolute Gasteiger partial charge is 0.496 e. The van der Waals surface area contributed by atoms with E-state index in [4.69, 9.17) is 16.3 Å². The molecule has 2 aromatic heterocycles. The van der Waals surface area contributed by atoms with Crippen molar-refractivity contribution in [2.45, 2.75) is 44.9 Å². The zero-order valence-corrected chi connectivity index (χ0v) is 21.4. The van der Waals surface area contributed by atoms with Crippen molar-refractivity contribution < 1.29 is 23.0 Å². The molecule has 1 saturated heterocycles. The van der Waals surface area contributed by atoms with Crippen LogP contribution in [0.5, 0.6) is 5.75 Å². The van der Waals surface area contributed by atoms with Crippen molar-refractivity contribution in [1.29, 1.82) is 0 Å². The van der Waals surface area contributed by atoms with Crippen LogP contribution in [0, 0.1) is 13.8 Å². The van der Waals surface area contributed by atoms with E-state index >= 15 is 0 Å². The standard InChI is InChI=1S/C24H29ClF3N7O2/c1-13-8-16(15-4-6-35(7-5-15)12-20(36)24(26,27)28)19(37-3)10-18(13)30-23-29-11-17(25)22(32-23)31-21-9-14(2)33-34-21/h8-11,15,20,36H,4-7,12H2,1-3H3,(H3,29,30,31,32,33,34)/t20-/m1/s1. The first kappa shape index (κ1) is 27.0. The highest BCUT2D eigenvalue weighted by Crippen LogP contribution is 2.38. The van der Waals surface area contributed by atoms with Crippen molar-refractivity contribution in [1.82, 2.24) is 25.1 Å². The van der Waals surface area contributed by atoms with Gasteiger partial charge in [-0.25, -0.2) is 4.98 Å². The second kappa shape index (κ2) is 11.1. The van der Waals surface area contributed by atoms with E-state index in [0.717, 1.165) is 22.5 Å². The lowest BCUT2D eigenvalue weighted by atomic mass is 9.87. The van der Waals surface area contributed by atoms with Gasteiger partial charge >= 0.3 is 6.18 Å². The monoisotopic (exact) mass is 539 g/mol. The maximum atomic E-state index is 12.7. The molecule has 37 heavy (non-hydrogen) atoms. The molecule has 200 valence electrons. The van der Waals surface area contributed by atoms with Crippen LogP contribution in [0.4, 0.5) is 36.4 Å². The van der Waals surface area contributed by atoms with E-state index in [1.54, 1.807) is 12.0 Å². The van der Waals surface area contributed by atoms with Crippen LogP contribution in [0.2, 0.25) is 5.02 Å². The third-order valence-corrected chi connectivity index (χ3v) is 6.63. The highest BCUT2D eigenvalue weighted by Gasteiger charge is 2.39. The van der Waals surface area contributed by atoms with Crippen LogP contribution < -0.4 is 15.4 Å². The Bertz CT molecular complexity index is 1230. The van der Waals surface area contributed by atoms with Crippen LogP contribution in [0.3, 0.4) is 0 Å². The number of ether oxygens (including phenoxy) is 1. The number of hydrogen-bond donors (Lipinski definition) is 4. The van der Waals surface area contributed by atoms with Gasteiger partial charge in [0.05, 0.1) is 13.3 Å². The number of halogens is 4. The number of aromatic nitrogens is 4. The fraction of sp³-hybridized carbons (Fsp3) is 0.458. The fourth-order valence-corrected chi connectivity index (χ4v) is 4.49. The van der Waals surface area contributed by atoms with E-state index in [1.807, 2.05) is 32.0 Å². The van der Waals surface area contributed by atoms with Crippen LogP contribution >= 0.6 is 11.6 Å². The first-order valence-electron chi connectivity index (χ1n) is 11.8. The number of nitrogens with zero attached hydrogens (tertiary/aromatic N) is 4. The molecule has 4 rings (SSSR count). The molecule has 3 aromatic rings. The summed E-state index contributed by atoms with van der Waals surface area (Å²) in [5.74, 6) is 2.09. The van der Waals surface area contributed by atoms with Crippen LogP contribution in [-0.4, -0.2) is 69.2 Å². The van der Waals surface area contributed by atoms with E-state index in [0.29, 0.717) is 54.3 Å².